The molecule has 2 rings (SSSR count). The van der Waals surface area contributed by atoms with Gasteiger partial charge in [0.15, 0.2) is 0 Å². The van der Waals surface area contributed by atoms with E-state index in [0.717, 1.165) is 30.7 Å². The monoisotopic (exact) mass is 263 g/mol. The van der Waals surface area contributed by atoms with E-state index in [1.807, 2.05) is 12.1 Å². The van der Waals surface area contributed by atoms with E-state index >= 15 is 0 Å². The van der Waals surface area contributed by atoms with Gasteiger partial charge >= 0.3 is 0 Å². The molecule has 0 amide bonds. The summed E-state index contributed by atoms with van der Waals surface area (Å²) in [6.45, 7) is 3.26. The number of benzene rings is 1. The Bertz CT molecular complexity index is 419. The van der Waals surface area contributed by atoms with Crippen LogP contribution in [0, 0.1) is 0 Å². The number of rotatable bonds is 5. The topological polar surface area (TPSA) is 32.7 Å². The molecule has 1 aliphatic rings. The molecule has 0 aliphatic heterocycles. The summed E-state index contributed by atoms with van der Waals surface area (Å²) in [4.78, 5) is 2.31. The molecule has 1 aromatic rings. The Labute approximate surface area is 116 Å². The number of aryl methyl sites for hydroxylation is 1. The standard InChI is InChI=1S/C16H25NO2/c1-4-5-10-17(2)15-9-6-12-11-13(19-3)7-8-14(12)16(15)18/h7-8,11,15-16,18H,4-6,9-10H2,1-3H3. The van der Waals surface area contributed by atoms with E-state index in [4.69, 9.17) is 4.74 Å². The highest BCUT2D eigenvalue weighted by Gasteiger charge is 2.30. The van der Waals surface area contributed by atoms with Crippen molar-refractivity contribution in [2.24, 2.45) is 0 Å². The van der Waals surface area contributed by atoms with Gasteiger partial charge in [-0.25, -0.2) is 0 Å². The number of ether oxygens (including phenoxy) is 1. The number of hydrogen-bond acceptors (Lipinski definition) is 3. The first-order valence-electron chi connectivity index (χ1n) is 7.22. The molecule has 0 spiro atoms. The fraction of sp³-hybridized carbons (Fsp3) is 0.625. The Hall–Kier alpha value is -1.06. The number of methoxy groups -OCH3 is 1. The first-order valence-corrected chi connectivity index (χ1v) is 7.22. The van der Waals surface area contributed by atoms with E-state index in [-0.39, 0.29) is 12.1 Å². The second kappa shape index (κ2) is 6.40. The predicted molar refractivity (Wildman–Crippen MR) is 77.6 cm³/mol. The van der Waals surface area contributed by atoms with E-state index in [1.165, 1.54) is 18.4 Å². The molecule has 1 aliphatic carbocycles. The smallest absolute Gasteiger partial charge is 0.119 e. The number of aliphatic hydroxyl groups excluding tert-OH is 1. The van der Waals surface area contributed by atoms with Gasteiger partial charge in [0.25, 0.3) is 0 Å². The summed E-state index contributed by atoms with van der Waals surface area (Å²) in [6.07, 6.45) is 4.04. The minimum atomic E-state index is -0.378. The highest BCUT2D eigenvalue weighted by molar-refractivity contribution is 5.39. The Morgan fingerprint density at radius 2 is 2.21 bits per heavy atom. The van der Waals surface area contributed by atoms with Gasteiger partial charge < -0.3 is 14.7 Å². The number of aliphatic hydroxyl groups is 1. The first kappa shape index (κ1) is 14.4. The summed E-state index contributed by atoms with van der Waals surface area (Å²) in [5.41, 5.74) is 2.30. The molecule has 0 bridgehead atoms. The fourth-order valence-electron chi connectivity index (χ4n) is 2.92. The Morgan fingerprint density at radius 3 is 2.89 bits per heavy atom. The molecule has 3 heteroatoms. The van der Waals surface area contributed by atoms with Crippen molar-refractivity contribution >= 4 is 0 Å². The summed E-state index contributed by atoms with van der Waals surface area (Å²) in [5.74, 6) is 0.878. The van der Waals surface area contributed by atoms with Crippen LogP contribution < -0.4 is 4.74 Å². The zero-order valence-electron chi connectivity index (χ0n) is 12.2. The van der Waals surface area contributed by atoms with Crippen LogP contribution in [0.25, 0.3) is 0 Å². The van der Waals surface area contributed by atoms with Crippen molar-refractivity contribution < 1.29 is 9.84 Å². The average Bonchev–Trinajstić information content (AvgIpc) is 2.44. The van der Waals surface area contributed by atoms with Crippen molar-refractivity contribution in [1.29, 1.82) is 0 Å². The van der Waals surface area contributed by atoms with Crippen LogP contribution in [-0.4, -0.2) is 36.8 Å². The summed E-state index contributed by atoms with van der Waals surface area (Å²) >= 11 is 0. The molecule has 0 aromatic heterocycles. The van der Waals surface area contributed by atoms with Crippen LogP contribution in [0.2, 0.25) is 0 Å². The Balaban J connectivity index is 2.12. The van der Waals surface area contributed by atoms with Crippen LogP contribution in [0.1, 0.15) is 43.4 Å². The van der Waals surface area contributed by atoms with Gasteiger partial charge in [0.05, 0.1) is 13.2 Å². The van der Waals surface area contributed by atoms with Crippen molar-refractivity contribution in [1.82, 2.24) is 4.90 Å². The van der Waals surface area contributed by atoms with E-state index in [9.17, 15) is 5.11 Å². The van der Waals surface area contributed by atoms with Crippen LogP contribution in [0.5, 0.6) is 5.75 Å². The summed E-state index contributed by atoms with van der Waals surface area (Å²) in [7, 11) is 3.81. The van der Waals surface area contributed by atoms with Gasteiger partial charge in [0.2, 0.25) is 0 Å². The van der Waals surface area contributed by atoms with E-state index in [2.05, 4.69) is 24.9 Å². The van der Waals surface area contributed by atoms with Crippen LogP contribution in [0.15, 0.2) is 18.2 Å². The van der Waals surface area contributed by atoms with E-state index < -0.39 is 0 Å². The fourth-order valence-corrected chi connectivity index (χ4v) is 2.92. The van der Waals surface area contributed by atoms with Crippen LogP contribution in [-0.2, 0) is 6.42 Å². The molecule has 0 heterocycles. The lowest BCUT2D eigenvalue weighted by atomic mass is 9.85. The number of hydrogen-bond donors (Lipinski definition) is 1. The molecule has 2 unspecified atom stereocenters. The maximum Gasteiger partial charge on any atom is 0.119 e. The van der Waals surface area contributed by atoms with Gasteiger partial charge in [0, 0.05) is 6.04 Å². The van der Waals surface area contributed by atoms with Crippen molar-refractivity contribution in [3.05, 3.63) is 29.3 Å². The highest BCUT2D eigenvalue weighted by Crippen LogP contribution is 2.34. The van der Waals surface area contributed by atoms with Crippen molar-refractivity contribution in [2.75, 3.05) is 20.7 Å². The minimum absolute atomic E-state index is 0.243. The molecule has 0 saturated heterocycles. The quantitative estimate of drug-likeness (QED) is 0.886. The molecular weight excluding hydrogens is 238 g/mol. The Morgan fingerprint density at radius 1 is 1.42 bits per heavy atom. The first-order chi connectivity index (χ1) is 9.17. The SMILES string of the molecule is CCCCN(C)C1CCc2cc(OC)ccc2C1O. The second-order valence-corrected chi connectivity index (χ2v) is 5.45. The lowest BCUT2D eigenvalue weighted by Crippen LogP contribution is -2.40. The third-order valence-corrected chi connectivity index (χ3v) is 4.17. The zero-order chi connectivity index (χ0) is 13.8. The maximum atomic E-state index is 10.6. The molecule has 0 saturated carbocycles. The molecule has 1 N–H and O–H groups in total. The van der Waals surface area contributed by atoms with E-state index in [1.54, 1.807) is 7.11 Å². The van der Waals surface area contributed by atoms with Gasteiger partial charge in [-0.05, 0) is 56.1 Å². The second-order valence-electron chi connectivity index (χ2n) is 5.45. The summed E-state index contributed by atoms with van der Waals surface area (Å²) in [5, 5.41) is 10.6. The van der Waals surface area contributed by atoms with Crippen LogP contribution in [0.4, 0.5) is 0 Å². The minimum Gasteiger partial charge on any atom is -0.497 e. The molecule has 2 atom stereocenters. The van der Waals surface area contributed by atoms with E-state index in [0.29, 0.717) is 0 Å². The molecule has 19 heavy (non-hydrogen) atoms. The highest BCUT2D eigenvalue weighted by atomic mass is 16.5. The lowest BCUT2D eigenvalue weighted by molar-refractivity contribution is 0.0493. The molecule has 3 nitrogen and oxygen atoms in total. The van der Waals surface area contributed by atoms with Crippen molar-refractivity contribution in [3.63, 3.8) is 0 Å². The number of fused-ring (bicyclic) bond motifs is 1. The Kier molecular flexibility index (Phi) is 4.83. The lowest BCUT2D eigenvalue weighted by Gasteiger charge is -2.36. The molecule has 1 aromatic carbocycles. The number of likely N-dealkylation sites (N-methyl/N-ethyl adjacent to an activating group) is 1. The van der Waals surface area contributed by atoms with Gasteiger partial charge in [-0.1, -0.05) is 19.4 Å². The van der Waals surface area contributed by atoms with Gasteiger partial charge in [-0.3, -0.25) is 0 Å². The largest absolute Gasteiger partial charge is 0.497 e. The third kappa shape index (κ3) is 3.10. The predicted octanol–water partition coefficient (Wildman–Crippen LogP) is 2.78. The summed E-state index contributed by atoms with van der Waals surface area (Å²) < 4.78 is 5.25. The average molecular weight is 263 g/mol. The number of nitrogens with zero attached hydrogens (tertiary/aromatic N) is 1. The maximum absolute atomic E-state index is 10.6. The molecular formula is C16H25NO2. The third-order valence-electron chi connectivity index (χ3n) is 4.17. The van der Waals surface area contributed by atoms with Crippen LogP contribution in [0.3, 0.4) is 0 Å². The van der Waals surface area contributed by atoms with Gasteiger partial charge in [0.1, 0.15) is 5.75 Å². The zero-order valence-corrected chi connectivity index (χ0v) is 12.2. The normalized spacial score (nSPS) is 22.4. The van der Waals surface area contributed by atoms with Gasteiger partial charge in [-0.15, -0.1) is 0 Å². The van der Waals surface area contributed by atoms with Crippen molar-refractivity contribution in [2.45, 2.75) is 44.8 Å². The van der Waals surface area contributed by atoms with Crippen molar-refractivity contribution in [3.8, 4) is 5.75 Å². The molecule has 106 valence electrons. The van der Waals surface area contributed by atoms with Crippen LogP contribution >= 0.6 is 0 Å². The summed E-state index contributed by atoms with van der Waals surface area (Å²) in [6, 6.07) is 6.25. The molecule has 0 radical (unpaired) electrons. The number of unbranched alkanes of at least 4 members (excludes halogenated alkanes) is 1. The molecule has 0 fully saturated rings. The van der Waals surface area contributed by atoms with Gasteiger partial charge in [-0.2, -0.15) is 0 Å².